The number of rotatable bonds is 4. The molecule has 2 heterocycles. The van der Waals surface area contributed by atoms with Crippen LogP contribution in [-0.2, 0) is 11.8 Å². The van der Waals surface area contributed by atoms with Crippen LogP contribution in [0.25, 0.3) is 0 Å². The van der Waals surface area contributed by atoms with Crippen LogP contribution in [0.5, 0.6) is 5.75 Å². The summed E-state index contributed by atoms with van der Waals surface area (Å²) in [6, 6.07) is 7.22. The highest BCUT2D eigenvalue weighted by Gasteiger charge is 2.28. The van der Waals surface area contributed by atoms with Gasteiger partial charge in [-0.2, -0.15) is 0 Å². The molecule has 0 unspecified atom stereocenters. The molecule has 0 aliphatic carbocycles. The highest BCUT2D eigenvalue weighted by atomic mass is 16.5. The number of benzene rings is 1. The van der Waals surface area contributed by atoms with Gasteiger partial charge in [0, 0.05) is 19.2 Å². The molecule has 7 heteroatoms. The van der Waals surface area contributed by atoms with Crippen molar-refractivity contribution >= 4 is 5.91 Å². The minimum absolute atomic E-state index is 0.0106. The molecule has 0 bridgehead atoms. The zero-order valence-corrected chi connectivity index (χ0v) is 13.3. The van der Waals surface area contributed by atoms with E-state index in [1.165, 1.54) is 0 Å². The Kier molecular flexibility index (Phi) is 4.57. The third kappa shape index (κ3) is 3.34. The van der Waals surface area contributed by atoms with Crippen LogP contribution in [0.15, 0.2) is 30.6 Å². The molecule has 1 aromatic carbocycles. The molecule has 1 aromatic heterocycles. The second-order valence-electron chi connectivity index (χ2n) is 5.37. The maximum Gasteiger partial charge on any atom is 0.254 e. The monoisotopic (exact) mass is 316 g/mol. The van der Waals surface area contributed by atoms with Crippen LogP contribution in [0.2, 0.25) is 0 Å². The molecular weight excluding hydrogens is 296 g/mol. The quantitative estimate of drug-likeness (QED) is 0.853. The van der Waals surface area contributed by atoms with Gasteiger partial charge < -0.3 is 18.9 Å². The Morgan fingerprint density at radius 1 is 1.39 bits per heavy atom. The standard InChI is InChI=1S/C16H20N4O3/c1-3-22-13-6-4-12(5-7-13)16(21)20-8-9-23-14(10-20)15-18-17-11-19(15)2/h4-7,11,14H,3,8-10H2,1-2H3/t14-/m1/s1. The topological polar surface area (TPSA) is 69.5 Å². The Morgan fingerprint density at radius 2 is 2.17 bits per heavy atom. The average Bonchev–Trinajstić information content (AvgIpc) is 3.01. The number of hydrogen-bond donors (Lipinski definition) is 0. The third-order valence-electron chi connectivity index (χ3n) is 3.80. The summed E-state index contributed by atoms with van der Waals surface area (Å²) in [6.07, 6.45) is 1.38. The second kappa shape index (κ2) is 6.78. The smallest absolute Gasteiger partial charge is 0.254 e. The van der Waals surface area contributed by atoms with Crippen LogP contribution in [0.3, 0.4) is 0 Å². The fourth-order valence-electron chi connectivity index (χ4n) is 2.62. The number of carbonyl (C=O) groups is 1. The Hall–Kier alpha value is -2.41. The van der Waals surface area contributed by atoms with Crippen molar-refractivity contribution in [1.82, 2.24) is 19.7 Å². The molecule has 0 spiro atoms. The van der Waals surface area contributed by atoms with Crippen molar-refractivity contribution < 1.29 is 14.3 Å². The molecule has 0 radical (unpaired) electrons. The lowest BCUT2D eigenvalue weighted by Crippen LogP contribution is -2.42. The Morgan fingerprint density at radius 3 is 2.83 bits per heavy atom. The van der Waals surface area contributed by atoms with Gasteiger partial charge in [0.05, 0.1) is 19.8 Å². The molecule has 3 rings (SSSR count). The number of nitrogens with zero attached hydrogens (tertiary/aromatic N) is 4. The lowest BCUT2D eigenvalue weighted by molar-refractivity contribution is -0.0281. The summed E-state index contributed by atoms with van der Waals surface area (Å²) in [5, 5.41) is 7.94. The van der Waals surface area contributed by atoms with Crippen LogP contribution in [0.4, 0.5) is 0 Å². The van der Waals surface area contributed by atoms with Gasteiger partial charge in [-0.15, -0.1) is 10.2 Å². The van der Waals surface area contributed by atoms with Gasteiger partial charge in [0.25, 0.3) is 5.91 Å². The minimum Gasteiger partial charge on any atom is -0.494 e. The summed E-state index contributed by atoms with van der Waals surface area (Å²) in [4.78, 5) is 14.4. The summed E-state index contributed by atoms with van der Waals surface area (Å²) in [5.41, 5.74) is 0.645. The first-order chi connectivity index (χ1) is 11.2. The minimum atomic E-state index is -0.247. The number of aromatic nitrogens is 3. The molecule has 7 nitrogen and oxygen atoms in total. The largest absolute Gasteiger partial charge is 0.494 e. The maximum atomic E-state index is 12.7. The molecule has 0 saturated carbocycles. The van der Waals surface area contributed by atoms with E-state index in [1.54, 1.807) is 23.4 Å². The Bertz CT molecular complexity index is 668. The third-order valence-corrected chi connectivity index (χ3v) is 3.80. The highest BCUT2D eigenvalue weighted by molar-refractivity contribution is 5.94. The summed E-state index contributed by atoms with van der Waals surface area (Å²) in [7, 11) is 1.87. The molecule has 23 heavy (non-hydrogen) atoms. The first-order valence-electron chi connectivity index (χ1n) is 7.66. The molecule has 1 saturated heterocycles. The molecular formula is C16H20N4O3. The van der Waals surface area contributed by atoms with E-state index in [4.69, 9.17) is 9.47 Å². The van der Waals surface area contributed by atoms with Gasteiger partial charge in [-0.25, -0.2) is 0 Å². The van der Waals surface area contributed by atoms with E-state index in [1.807, 2.05) is 30.7 Å². The highest BCUT2D eigenvalue weighted by Crippen LogP contribution is 2.22. The molecule has 1 atom stereocenters. The molecule has 0 N–H and O–H groups in total. The van der Waals surface area contributed by atoms with Gasteiger partial charge >= 0.3 is 0 Å². The Balaban J connectivity index is 1.70. The molecule has 1 fully saturated rings. The lowest BCUT2D eigenvalue weighted by atomic mass is 10.1. The van der Waals surface area contributed by atoms with Crippen molar-refractivity contribution in [2.24, 2.45) is 7.05 Å². The van der Waals surface area contributed by atoms with E-state index in [9.17, 15) is 4.79 Å². The summed E-state index contributed by atoms with van der Waals surface area (Å²) < 4.78 is 13.0. The lowest BCUT2D eigenvalue weighted by Gasteiger charge is -2.32. The molecule has 1 amide bonds. The first-order valence-corrected chi connectivity index (χ1v) is 7.66. The molecule has 122 valence electrons. The van der Waals surface area contributed by atoms with Crippen molar-refractivity contribution in [2.45, 2.75) is 13.0 Å². The van der Waals surface area contributed by atoms with Crippen molar-refractivity contribution in [3.05, 3.63) is 42.0 Å². The van der Waals surface area contributed by atoms with E-state index < -0.39 is 0 Å². The van der Waals surface area contributed by atoms with Gasteiger partial charge in [0.1, 0.15) is 18.2 Å². The normalized spacial score (nSPS) is 18.0. The zero-order valence-electron chi connectivity index (χ0n) is 13.3. The second-order valence-corrected chi connectivity index (χ2v) is 5.37. The summed E-state index contributed by atoms with van der Waals surface area (Å²) in [5.74, 6) is 1.49. The van der Waals surface area contributed by atoms with E-state index in [2.05, 4.69) is 10.2 Å². The number of morpholine rings is 1. The molecule has 2 aromatic rings. The van der Waals surface area contributed by atoms with Crippen molar-refractivity contribution in [3.8, 4) is 5.75 Å². The number of carbonyl (C=O) groups excluding carboxylic acids is 1. The predicted molar refractivity (Wildman–Crippen MR) is 83.2 cm³/mol. The predicted octanol–water partition coefficient (Wildman–Crippen LogP) is 1.43. The van der Waals surface area contributed by atoms with E-state index in [0.717, 1.165) is 11.6 Å². The average molecular weight is 316 g/mol. The number of aryl methyl sites for hydroxylation is 1. The van der Waals surface area contributed by atoms with Crippen LogP contribution >= 0.6 is 0 Å². The zero-order chi connectivity index (χ0) is 16.2. The summed E-state index contributed by atoms with van der Waals surface area (Å²) >= 11 is 0. The van der Waals surface area contributed by atoms with Crippen molar-refractivity contribution in [2.75, 3.05) is 26.3 Å². The fourth-order valence-corrected chi connectivity index (χ4v) is 2.62. The molecule has 1 aliphatic heterocycles. The maximum absolute atomic E-state index is 12.7. The van der Waals surface area contributed by atoms with Crippen LogP contribution in [-0.4, -0.2) is 51.9 Å². The summed E-state index contributed by atoms with van der Waals surface area (Å²) in [6.45, 7) is 4.06. The first kappa shape index (κ1) is 15.5. The number of amides is 1. The number of hydrogen-bond acceptors (Lipinski definition) is 5. The van der Waals surface area contributed by atoms with Gasteiger partial charge in [0.15, 0.2) is 5.82 Å². The van der Waals surface area contributed by atoms with E-state index >= 15 is 0 Å². The van der Waals surface area contributed by atoms with Gasteiger partial charge in [-0.1, -0.05) is 0 Å². The van der Waals surface area contributed by atoms with E-state index in [0.29, 0.717) is 31.9 Å². The van der Waals surface area contributed by atoms with Crippen molar-refractivity contribution in [1.29, 1.82) is 0 Å². The SMILES string of the molecule is CCOc1ccc(C(=O)N2CCO[C@@H](c3nncn3C)C2)cc1. The van der Waals surface area contributed by atoms with Crippen LogP contribution in [0, 0.1) is 0 Å². The van der Waals surface area contributed by atoms with Crippen molar-refractivity contribution in [3.63, 3.8) is 0 Å². The van der Waals surface area contributed by atoms with Crippen LogP contribution in [0.1, 0.15) is 29.2 Å². The van der Waals surface area contributed by atoms with Gasteiger partial charge in [-0.05, 0) is 31.2 Å². The van der Waals surface area contributed by atoms with E-state index in [-0.39, 0.29) is 12.0 Å². The van der Waals surface area contributed by atoms with Crippen LogP contribution < -0.4 is 4.74 Å². The van der Waals surface area contributed by atoms with Gasteiger partial charge in [0.2, 0.25) is 0 Å². The fraction of sp³-hybridized carbons (Fsp3) is 0.438. The molecule has 1 aliphatic rings. The van der Waals surface area contributed by atoms with Gasteiger partial charge in [-0.3, -0.25) is 4.79 Å². The Labute approximate surface area is 134 Å². The number of ether oxygens (including phenoxy) is 2.